The lowest BCUT2D eigenvalue weighted by Crippen LogP contribution is -2.01. The molecule has 10 rings (SSSR count). The second-order valence-corrected chi connectivity index (χ2v) is 11.5. The highest BCUT2D eigenvalue weighted by Crippen LogP contribution is 2.40. The molecule has 0 aliphatic carbocycles. The molecule has 0 saturated heterocycles. The third-order valence-corrected chi connectivity index (χ3v) is 8.59. The summed E-state index contributed by atoms with van der Waals surface area (Å²) in [5, 5.41) is 1.21. The molecule has 51 heavy (non-hydrogen) atoms. The van der Waals surface area contributed by atoms with Gasteiger partial charge in [-0.25, -0.2) is 15.0 Å². The summed E-state index contributed by atoms with van der Waals surface area (Å²) in [7, 11) is 0. The van der Waals surface area contributed by atoms with E-state index in [0.29, 0.717) is 11.1 Å². The van der Waals surface area contributed by atoms with Crippen LogP contribution < -0.4 is 0 Å². The normalized spacial score (nSPS) is 15.9. The van der Waals surface area contributed by atoms with Crippen molar-refractivity contribution in [3.05, 3.63) is 176 Å². The molecule has 0 aliphatic heterocycles. The molecule has 0 atom stereocenters. The van der Waals surface area contributed by atoms with Gasteiger partial charge < -0.3 is 4.42 Å². The number of hydrogen-bond donors (Lipinski definition) is 0. The minimum absolute atomic E-state index is 0.0116. The van der Waals surface area contributed by atoms with Crippen LogP contribution in [0.1, 0.15) is 21.9 Å². The van der Waals surface area contributed by atoms with Crippen LogP contribution in [0.25, 0.3) is 99.9 Å². The van der Waals surface area contributed by atoms with Crippen LogP contribution in [0.3, 0.4) is 0 Å². The molecular weight excluding hydrogens is 623 g/mol. The van der Waals surface area contributed by atoms with E-state index in [9.17, 15) is 4.11 Å². The number of para-hydroxylation sites is 1. The molecule has 10 aromatic rings. The van der Waals surface area contributed by atoms with E-state index >= 15 is 0 Å². The predicted molar refractivity (Wildman–Crippen MR) is 209 cm³/mol. The number of aromatic nitrogens is 3. The van der Waals surface area contributed by atoms with Crippen molar-refractivity contribution in [2.75, 3.05) is 0 Å². The standard InChI is InChI=1S/C47H29N3O/c1-2-13-32(14-3-1)41-29-35(26-27-38(41)37-20-10-17-31-15-6-7-18-36(31)37)46-48-45(34-25-24-30-12-4-5-16-33(30)28-34)49-47(50-46)40-21-11-23-43-44(40)39-19-8-9-22-42(39)51-43/h1-29H/i1D,2D,3D,4D,5D,8D,12D,13D,14D,16D,21D,22D,23D,24D,25D,28D. The van der Waals surface area contributed by atoms with Gasteiger partial charge in [-0.15, -0.1) is 0 Å². The van der Waals surface area contributed by atoms with Crippen molar-refractivity contribution in [2.45, 2.75) is 0 Å². The van der Waals surface area contributed by atoms with Gasteiger partial charge in [0.25, 0.3) is 0 Å². The van der Waals surface area contributed by atoms with Crippen LogP contribution in [0.2, 0.25) is 0 Å². The Bertz CT molecular complexity index is 3820. The first kappa shape index (κ1) is 17.1. The Morgan fingerprint density at radius 3 is 2.12 bits per heavy atom. The molecular formula is C47H29N3O. The van der Waals surface area contributed by atoms with Gasteiger partial charge in [-0.1, -0.05) is 151 Å². The highest BCUT2D eigenvalue weighted by Gasteiger charge is 2.19. The van der Waals surface area contributed by atoms with Crippen LogP contribution in [-0.2, 0) is 0 Å². The molecule has 0 amide bonds. The van der Waals surface area contributed by atoms with Crippen molar-refractivity contribution in [1.29, 1.82) is 0 Å². The Labute approximate surface area is 316 Å². The second kappa shape index (κ2) is 11.9. The van der Waals surface area contributed by atoms with Gasteiger partial charge in [0.05, 0.1) is 21.9 Å². The average Bonchev–Trinajstić information content (AvgIpc) is 3.69. The summed E-state index contributed by atoms with van der Waals surface area (Å²) in [6.07, 6.45) is 0. The van der Waals surface area contributed by atoms with Crippen molar-refractivity contribution in [3.8, 4) is 56.4 Å². The summed E-state index contributed by atoms with van der Waals surface area (Å²) in [5.41, 5.74) is 0.786. The number of rotatable bonds is 5. The van der Waals surface area contributed by atoms with E-state index in [0.717, 1.165) is 10.8 Å². The summed E-state index contributed by atoms with van der Waals surface area (Å²) in [4.78, 5) is 14.2. The maximum Gasteiger partial charge on any atom is 0.164 e. The Morgan fingerprint density at radius 2 is 1.20 bits per heavy atom. The van der Waals surface area contributed by atoms with Gasteiger partial charge in [0.2, 0.25) is 0 Å². The first-order valence-electron chi connectivity index (χ1n) is 23.8. The lowest BCUT2D eigenvalue weighted by atomic mass is 9.90. The molecule has 0 radical (unpaired) electrons. The number of hydrogen-bond acceptors (Lipinski definition) is 4. The van der Waals surface area contributed by atoms with Gasteiger partial charge in [-0.2, -0.15) is 0 Å². The molecule has 238 valence electrons. The molecule has 2 aromatic heterocycles. The van der Waals surface area contributed by atoms with E-state index in [1.165, 1.54) is 24.3 Å². The lowest BCUT2D eigenvalue weighted by Gasteiger charge is -2.15. The van der Waals surface area contributed by atoms with Gasteiger partial charge in [0, 0.05) is 27.5 Å². The van der Waals surface area contributed by atoms with Crippen LogP contribution in [0.5, 0.6) is 0 Å². The molecule has 0 spiro atoms. The van der Waals surface area contributed by atoms with Gasteiger partial charge in [-0.05, 0) is 68.0 Å². The zero-order valence-corrected chi connectivity index (χ0v) is 26.3. The fraction of sp³-hybridized carbons (Fsp3) is 0. The largest absolute Gasteiger partial charge is 0.456 e. The molecule has 4 heteroatoms. The zero-order valence-electron chi connectivity index (χ0n) is 42.3. The van der Waals surface area contributed by atoms with E-state index in [1.54, 1.807) is 12.1 Å². The maximum atomic E-state index is 9.38. The van der Waals surface area contributed by atoms with Crippen molar-refractivity contribution in [2.24, 2.45) is 0 Å². The highest BCUT2D eigenvalue weighted by atomic mass is 16.3. The number of nitrogens with zero attached hydrogens (tertiary/aromatic N) is 3. The first-order chi connectivity index (χ1) is 31.9. The minimum Gasteiger partial charge on any atom is -0.456 e. The second-order valence-electron chi connectivity index (χ2n) is 11.5. The van der Waals surface area contributed by atoms with Crippen molar-refractivity contribution < 1.29 is 26.3 Å². The molecule has 0 saturated carbocycles. The fourth-order valence-electron chi connectivity index (χ4n) is 6.28. The summed E-state index contributed by atoms with van der Waals surface area (Å²) >= 11 is 0. The Hall–Kier alpha value is -6.91. The van der Waals surface area contributed by atoms with E-state index in [-0.39, 0.29) is 90.8 Å². The van der Waals surface area contributed by atoms with Crippen LogP contribution in [0, 0.1) is 0 Å². The molecule has 2 heterocycles. The Kier molecular flexibility index (Phi) is 4.00. The quantitative estimate of drug-likeness (QED) is 0.183. The van der Waals surface area contributed by atoms with Crippen LogP contribution in [0.15, 0.2) is 180 Å². The van der Waals surface area contributed by atoms with Crippen molar-refractivity contribution in [3.63, 3.8) is 0 Å². The maximum absolute atomic E-state index is 9.38. The monoisotopic (exact) mass is 667 g/mol. The summed E-state index contributed by atoms with van der Waals surface area (Å²) in [5.74, 6) is -0.920. The van der Waals surface area contributed by atoms with Gasteiger partial charge in [-0.3, -0.25) is 0 Å². The average molecular weight is 668 g/mol. The van der Waals surface area contributed by atoms with Crippen LogP contribution in [-0.4, -0.2) is 15.0 Å². The summed E-state index contributed by atoms with van der Waals surface area (Å²) in [6, 6.07) is 13.7. The topological polar surface area (TPSA) is 51.8 Å². The summed E-state index contributed by atoms with van der Waals surface area (Å²) in [6.45, 7) is 0. The minimum atomic E-state index is -0.677. The van der Waals surface area contributed by atoms with Gasteiger partial charge in [0.1, 0.15) is 11.2 Å². The third kappa shape index (κ3) is 5.04. The zero-order chi connectivity index (χ0) is 47.7. The van der Waals surface area contributed by atoms with Gasteiger partial charge in [0.15, 0.2) is 17.5 Å². The summed E-state index contributed by atoms with van der Waals surface area (Å²) < 4.78 is 146. The SMILES string of the molecule is [2H]c1cc([2H])c2oc3c([2H])cc([2H])c(-c4nc(-c5ccc(-c6cccc7ccccc67)c(-c6c([2H])c([2H])c([2H])c([2H])c6[2H])c5)nc(-c5c([2H])c([2H])c6c([2H])c([2H])c([2H])c([2H])c6c5[2H])n4)c3c2c1. The molecule has 0 unspecified atom stereocenters. The van der Waals surface area contributed by atoms with E-state index in [4.69, 9.17) is 32.2 Å². The van der Waals surface area contributed by atoms with Gasteiger partial charge >= 0.3 is 0 Å². The predicted octanol–water partition coefficient (Wildman–Crippen LogP) is 12.4. The van der Waals surface area contributed by atoms with E-state index in [1.807, 2.05) is 42.5 Å². The van der Waals surface area contributed by atoms with Crippen molar-refractivity contribution in [1.82, 2.24) is 15.0 Å². The molecule has 4 nitrogen and oxygen atoms in total. The number of furan rings is 1. The molecule has 0 bridgehead atoms. The Balaban J connectivity index is 1.35. The number of fused-ring (bicyclic) bond motifs is 5. The van der Waals surface area contributed by atoms with E-state index < -0.39 is 83.9 Å². The molecule has 8 aromatic carbocycles. The first-order valence-corrected chi connectivity index (χ1v) is 15.8. The molecule has 0 N–H and O–H groups in total. The fourth-order valence-corrected chi connectivity index (χ4v) is 6.28. The van der Waals surface area contributed by atoms with Crippen molar-refractivity contribution >= 4 is 43.5 Å². The molecule has 0 fully saturated rings. The lowest BCUT2D eigenvalue weighted by molar-refractivity contribution is 0.669. The smallest absolute Gasteiger partial charge is 0.164 e. The van der Waals surface area contributed by atoms with Crippen LogP contribution >= 0.6 is 0 Å². The molecule has 0 aliphatic rings. The Morgan fingerprint density at radius 1 is 0.412 bits per heavy atom. The highest BCUT2D eigenvalue weighted by molar-refractivity contribution is 6.12. The van der Waals surface area contributed by atoms with E-state index in [2.05, 4.69) is 4.98 Å². The third-order valence-electron chi connectivity index (χ3n) is 8.59. The van der Waals surface area contributed by atoms with Crippen LogP contribution in [0.4, 0.5) is 0 Å². The number of benzene rings is 8.